The third-order valence-corrected chi connectivity index (χ3v) is 6.07. The Bertz CT molecular complexity index is 1410. The molecule has 0 bridgehead atoms. The van der Waals surface area contributed by atoms with Gasteiger partial charge < -0.3 is 20.5 Å². The monoisotopic (exact) mass is 467 g/mol. The molecule has 0 spiro atoms. The quantitative estimate of drug-likeness (QED) is 0.416. The van der Waals surface area contributed by atoms with Gasteiger partial charge in [-0.15, -0.1) is 0 Å². The van der Waals surface area contributed by atoms with Gasteiger partial charge in [-0.25, -0.2) is 4.79 Å². The minimum Gasteiger partial charge on any atom is -0.351 e. The molecule has 176 valence electrons. The van der Waals surface area contributed by atoms with Crippen molar-refractivity contribution in [3.63, 3.8) is 0 Å². The van der Waals surface area contributed by atoms with Crippen LogP contribution >= 0.6 is 0 Å². The number of rotatable bonds is 5. The number of hydrogen-bond donors (Lipinski definition) is 3. The summed E-state index contributed by atoms with van der Waals surface area (Å²) in [5.41, 5.74) is 3.74. The van der Waals surface area contributed by atoms with E-state index in [-0.39, 0.29) is 18.4 Å². The van der Waals surface area contributed by atoms with E-state index in [2.05, 4.69) is 16.0 Å². The van der Waals surface area contributed by atoms with Crippen molar-refractivity contribution in [3.8, 4) is 0 Å². The molecular weight excluding hydrogens is 442 g/mol. The van der Waals surface area contributed by atoms with Crippen LogP contribution in [-0.4, -0.2) is 35.0 Å². The number of hydrogen-bond acceptors (Lipinski definition) is 3. The molecule has 0 saturated carbocycles. The number of nitrogens with zero attached hydrogens (tertiary/aromatic N) is 2. The van der Waals surface area contributed by atoms with Crippen molar-refractivity contribution >= 4 is 45.8 Å². The highest BCUT2D eigenvalue weighted by Gasteiger charge is 2.30. The lowest BCUT2D eigenvalue weighted by Crippen LogP contribution is -2.53. The maximum absolute atomic E-state index is 13.4. The van der Waals surface area contributed by atoms with Gasteiger partial charge in [0.05, 0.1) is 11.4 Å². The Morgan fingerprint density at radius 2 is 1.77 bits per heavy atom. The van der Waals surface area contributed by atoms with E-state index in [9.17, 15) is 14.4 Å². The van der Waals surface area contributed by atoms with E-state index >= 15 is 0 Å². The molecule has 4 aromatic rings. The summed E-state index contributed by atoms with van der Waals surface area (Å²) < 4.78 is 2.01. The molecular formula is C27H25N5O3. The van der Waals surface area contributed by atoms with Crippen molar-refractivity contribution in [1.29, 1.82) is 0 Å². The van der Waals surface area contributed by atoms with Crippen molar-refractivity contribution in [3.05, 3.63) is 90.6 Å². The molecule has 1 aliphatic heterocycles. The molecule has 3 N–H and O–H groups in total. The average Bonchev–Trinajstić information content (AvgIpc) is 3.23. The van der Waals surface area contributed by atoms with Crippen LogP contribution in [-0.2, 0) is 23.1 Å². The first-order chi connectivity index (χ1) is 17.0. The molecule has 8 heteroatoms. The van der Waals surface area contributed by atoms with Gasteiger partial charge in [0.1, 0.15) is 12.6 Å². The predicted octanol–water partition coefficient (Wildman–Crippen LogP) is 3.90. The molecule has 0 aliphatic carbocycles. The van der Waals surface area contributed by atoms with Gasteiger partial charge in [0, 0.05) is 36.3 Å². The number of aromatic nitrogens is 1. The normalized spacial score (nSPS) is 13.6. The zero-order valence-corrected chi connectivity index (χ0v) is 19.2. The first-order valence-corrected chi connectivity index (χ1v) is 11.3. The summed E-state index contributed by atoms with van der Waals surface area (Å²) in [5.74, 6) is -0.633. The Kier molecular flexibility index (Phi) is 5.93. The fourth-order valence-electron chi connectivity index (χ4n) is 4.29. The second-order valence-electron chi connectivity index (χ2n) is 8.53. The van der Waals surface area contributed by atoms with E-state index in [1.165, 1.54) is 4.90 Å². The lowest BCUT2D eigenvalue weighted by Gasteiger charge is -2.30. The van der Waals surface area contributed by atoms with E-state index in [1.807, 2.05) is 72.4 Å². The number of nitrogens with one attached hydrogen (secondary N) is 3. The Hall–Kier alpha value is -4.59. The Morgan fingerprint density at radius 3 is 2.60 bits per heavy atom. The molecule has 3 aromatic carbocycles. The molecule has 0 fully saturated rings. The van der Waals surface area contributed by atoms with Crippen LogP contribution < -0.4 is 20.9 Å². The summed E-state index contributed by atoms with van der Waals surface area (Å²) in [6, 6.07) is 22.9. The summed E-state index contributed by atoms with van der Waals surface area (Å²) in [6.45, 7) is -0.132. The molecule has 0 unspecified atom stereocenters. The Morgan fingerprint density at radius 1 is 1.00 bits per heavy atom. The third-order valence-electron chi connectivity index (χ3n) is 6.07. The van der Waals surface area contributed by atoms with Crippen LogP contribution in [0.1, 0.15) is 5.56 Å². The molecule has 0 radical (unpaired) electrons. The van der Waals surface area contributed by atoms with Crippen molar-refractivity contribution in [2.24, 2.45) is 7.05 Å². The van der Waals surface area contributed by atoms with Gasteiger partial charge in [-0.2, -0.15) is 0 Å². The van der Waals surface area contributed by atoms with E-state index < -0.39 is 12.1 Å². The number of anilines is 3. The zero-order chi connectivity index (χ0) is 24.4. The maximum Gasteiger partial charge on any atom is 0.323 e. The third kappa shape index (κ3) is 4.72. The largest absolute Gasteiger partial charge is 0.351 e. The lowest BCUT2D eigenvalue weighted by atomic mass is 10.0. The standard InChI is InChI=1S/C27H25N5O3/c1-31-14-13-19-16-20(11-12-23(19)31)28-26(34)22(15-18-7-3-2-4-8-18)30-27(35)32-17-25(33)29-21-9-5-6-10-24(21)32/h2-14,16,22H,15,17H2,1H3,(H,28,34)(H,29,33)(H,30,35)/t22-/m0/s1. The fraction of sp³-hybridized carbons (Fsp3) is 0.148. The number of amides is 4. The predicted molar refractivity (Wildman–Crippen MR) is 136 cm³/mol. The summed E-state index contributed by atoms with van der Waals surface area (Å²) in [6.07, 6.45) is 2.26. The molecule has 35 heavy (non-hydrogen) atoms. The summed E-state index contributed by atoms with van der Waals surface area (Å²) in [4.78, 5) is 40.2. The smallest absolute Gasteiger partial charge is 0.323 e. The number of carbonyl (C=O) groups is 3. The van der Waals surface area contributed by atoms with Gasteiger partial charge >= 0.3 is 6.03 Å². The molecule has 5 rings (SSSR count). The van der Waals surface area contributed by atoms with E-state index in [1.54, 1.807) is 24.3 Å². The number of fused-ring (bicyclic) bond motifs is 2. The van der Waals surface area contributed by atoms with Crippen LogP contribution in [0.4, 0.5) is 21.9 Å². The van der Waals surface area contributed by atoms with Crippen molar-refractivity contribution < 1.29 is 14.4 Å². The molecule has 1 atom stereocenters. The highest BCUT2D eigenvalue weighted by Crippen LogP contribution is 2.29. The van der Waals surface area contributed by atoms with Crippen molar-refractivity contribution in [2.75, 3.05) is 22.1 Å². The molecule has 1 aliphatic rings. The first-order valence-electron chi connectivity index (χ1n) is 11.3. The van der Waals surface area contributed by atoms with Crippen LogP contribution in [0.3, 0.4) is 0 Å². The molecule has 1 aromatic heterocycles. The first kappa shape index (κ1) is 22.2. The molecule has 2 heterocycles. The van der Waals surface area contributed by atoms with Gasteiger partial charge in [-0.05, 0) is 42.0 Å². The minimum atomic E-state index is -0.853. The minimum absolute atomic E-state index is 0.132. The average molecular weight is 468 g/mol. The maximum atomic E-state index is 13.4. The summed E-state index contributed by atoms with van der Waals surface area (Å²) in [7, 11) is 1.96. The highest BCUT2D eigenvalue weighted by molar-refractivity contribution is 6.10. The van der Waals surface area contributed by atoms with E-state index in [0.717, 1.165) is 16.5 Å². The number of para-hydroxylation sites is 2. The Balaban J connectivity index is 1.39. The Labute approximate surface area is 202 Å². The van der Waals surface area contributed by atoms with Crippen LogP contribution in [0.15, 0.2) is 85.1 Å². The van der Waals surface area contributed by atoms with Gasteiger partial charge in [0.15, 0.2) is 0 Å². The van der Waals surface area contributed by atoms with Crippen molar-refractivity contribution in [1.82, 2.24) is 9.88 Å². The zero-order valence-electron chi connectivity index (χ0n) is 19.2. The SMILES string of the molecule is Cn1ccc2cc(NC(=O)[C@H](Cc3ccccc3)NC(=O)N3CC(=O)Nc4ccccc43)ccc21. The van der Waals surface area contributed by atoms with Crippen LogP contribution in [0.25, 0.3) is 10.9 Å². The fourth-order valence-corrected chi connectivity index (χ4v) is 4.29. The van der Waals surface area contributed by atoms with Crippen LogP contribution in [0, 0.1) is 0 Å². The summed E-state index contributed by atoms with van der Waals surface area (Å²) >= 11 is 0. The number of benzene rings is 3. The van der Waals surface area contributed by atoms with Gasteiger partial charge in [0.25, 0.3) is 0 Å². The van der Waals surface area contributed by atoms with Crippen LogP contribution in [0.5, 0.6) is 0 Å². The van der Waals surface area contributed by atoms with Gasteiger partial charge in [-0.3, -0.25) is 14.5 Å². The second-order valence-corrected chi connectivity index (χ2v) is 8.53. The van der Waals surface area contributed by atoms with Crippen molar-refractivity contribution in [2.45, 2.75) is 12.5 Å². The van der Waals surface area contributed by atoms with E-state index in [0.29, 0.717) is 23.5 Å². The van der Waals surface area contributed by atoms with Gasteiger partial charge in [0.2, 0.25) is 11.8 Å². The lowest BCUT2D eigenvalue weighted by molar-refractivity contribution is -0.118. The molecule has 4 amide bonds. The number of urea groups is 1. The highest BCUT2D eigenvalue weighted by atomic mass is 16.2. The van der Waals surface area contributed by atoms with Crippen LogP contribution in [0.2, 0.25) is 0 Å². The number of carbonyl (C=O) groups excluding carboxylic acids is 3. The van der Waals surface area contributed by atoms with E-state index in [4.69, 9.17) is 0 Å². The number of aryl methyl sites for hydroxylation is 1. The second kappa shape index (κ2) is 9.34. The molecule has 0 saturated heterocycles. The summed E-state index contributed by atoms with van der Waals surface area (Å²) in [5, 5.41) is 9.56. The molecule has 8 nitrogen and oxygen atoms in total. The topological polar surface area (TPSA) is 95.5 Å². The van der Waals surface area contributed by atoms with Gasteiger partial charge in [-0.1, -0.05) is 42.5 Å².